The third-order valence-corrected chi connectivity index (χ3v) is 1.56. The van der Waals surface area contributed by atoms with Crippen molar-refractivity contribution in [2.75, 3.05) is 0 Å². The molecule has 0 aliphatic carbocycles. The molecule has 0 bridgehead atoms. The maximum Gasteiger partial charge on any atom is -0.0160 e. The van der Waals surface area contributed by atoms with Crippen molar-refractivity contribution in [3.05, 3.63) is 34.9 Å². The number of allylic oxidation sites excluding steroid dienone is 5. The molecule has 0 saturated heterocycles. The van der Waals surface area contributed by atoms with Crippen molar-refractivity contribution in [2.24, 2.45) is 0 Å². The van der Waals surface area contributed by atoms with Crippen molar-refractivity contribution in [3.8, 4) is 0 Å². The van der Waals surface area contributed by atoms with Gasteiger partial charge in [-0.25, -0.2) is 0 Å². The molecule has 0 N–H and O–H groups in total. The normalized spacial score (nSPS) is 13.9. The van der Waals surface area contributed by atoms with Crippen LogP contribution < -0.4 is 0 Å². The van der Waals surface area contributed by atoms with E-state index in [1.807, 2.05) is 43.1 Å². The van der Waals surface area contributed by atoms with Gasteiger partial charge in [-0.05, 0) is 24.4 Å². The van der Waals surface area contributed by atoms with Gasteiger partial charge in [-0.1, -0.05) is 40.2 Å². The molecular formula is C8H11Br. The second-order valence-electron chi connectivity index (χ2n) is 1.74. The van der Waals surface area contributed by atoms with Gasteiger partial charge >= 0.3 is 0 Å². The maximum atomic E-state index is 3.23. The summed E-state index contributed by atoms with van der Waals surface area (Å²) in [6.45, 7) is 4.03. The zero-order chi connectivity index (χ0) is 7.11. The molecule has 0 nitrogen and oxygen atoms in total. The molecule has 0 aromatic heterocycles. The van der Waals surface area contributed by atoms with E-state index in [-0.39, 0.29) is 0 Å². The molecule has 1 heteroatoms. The molecule has 0 aromatic carbocycles. The third kappa shape index (κ3) is 5.57. The highest BCUT2D eigenvalue weighted by molar-refractivity contribution is 9.11. The van der Waals surface area contributed by atoms with E-state index in [0.29, 0.717) is 0 Å². The number of rotatable bonds is 2. The lowest BCUT2D eigenvalue weighted by Gasteiger charge is -1.81. The van der Waals surface area contributed by atoms with E-state index < -0.39 is 0 Å². The van der Waals surface area contributed by atoms with Crippen molar-refractivity contribution in [2.45, 2.75) is 13.8 Å². The van der Waals surface area contributed by atoms with Crippen LogP contribution in [0.1, 0.15) is 13.8 Å². The molecular weight excluding hydrogens is 176 g/mol. The van der Waals surface area contributed by atoms with Gasteiger partial charge in [-0.15, -0.1) is 0 Å². The molecule has 0 fully saturated rings. The summed E-state index contributed by atoms with van der Waals surface area (Å²) in [5, 5.41) is 0. The fourth-order valence-electron chi connectivity index (χ4n) is 0.355. The summed E-state index contributed by atoms with van der Waals surface area (Å²) in [7, 11) is 0. The second kappa shape index (κ2) is 5.83. The smallest absolute Gasteiger partial charge is 0.0160 e. The van der Waals surface area contributed by atoms with E-state index in [9.17, 15) is 0 Å². The quantitative estimate of drug-likeness (QED) is 0.581. The van der Waals surface area contributed by atoms with Crippen LogP contribution in [-0.2, 0) is 0 Å². The summed E-state index contributed by atoms with van der Waals surface area (Å²) < 4.78 is 0. The Labute approximate surface area is 65.1 Å². The Morgan fingerprint density at radius 1 is 1.33 bits per heavy atom. The van der Waals surface area contributed by atoms with Gasteiger partial charge < -0.3 is 0 Å². The Balaban J connectivity index is 3.71. The molecule has 0 aliphatic rings. The standard InChI is InChI=1S/C8H11Br/c1-3-4-5-6-8(2)7-9/h3-7H,1-2H3. The topological polar surface area (TPSA) is 0 Å². The molecule has 0 aliphatic heterocycles. The summed E-state index contributed by atoms with van der Waals surface area (Å²) in [5.74, 6) is 0. The van der Waals surface area contributed by atoms with E-state index in [1.54, 1.807) is 0 Å². The van der Waals surface area contributed by atoms with Gasteiger partial charge in [0.2, 0.25) is 0 Å². The summed E-state index contributed by atoms with van der Waals surface area (Å²) >= 11 is 3.23. The Hall–Kier alpha value is -0.300. The van der Waals surface area contributed by atoms with Crippen LogP contribution in [0.15, 0.2) is 34.9 Å². The summed E-state index contributed by atoms with van der Waals surface area (Å²) in [4.78, 5) is 1.90. The van der Waals surface area contributed by atoms with Crippen molar-refractivity contribution >= 4 is 15.9 Å². The van der Waals surface area contributed by atoms with E-state index in [4.69, 9.17) is 0 Å². The molecule has 0 rings (SSSR count). The molecule has 0 saturated carbocycles. The SMILES string of the molecule is CC=CC=CC(C)=CBr. The lowest BCUT2D eigenvalue weighted by Crippen LogP contribution is -1.59. The number of halogens is 1. The zero-order valence-corrected chi connectivity index (χ0v) is 7.35. The fourth-order valence-corrected chi connectivity index (χ4v) is 0.507. The number of hydrogen-bond acceptors (Lipinski definition) is 0. The maximum absolute atomic E-state index is 3.23. The molecule has 0 unspecified atom stereocenters. The molecule has 0 spiro atoms. The lowest BCUT2D eigenvalue weighted by atomic mass is 10.3. The first kappa shape index (κ1) is 8.70. The minimum atomic E-state index is 1.22. The molecule has 0 aromatic rings. The lowest BCUT2D eigenvalue weighted by molar-refractivity contribution is 1.55. The van der Waals surface area contributed by atoms with Gasteiger partial charge in [-0.3, -0.25) is 0 Å². The highest BCUT2D eigenvalue weighted by Gasteiger charge is 1.72. The highest BCUT2D eigenvalue weighted by Crippen LogP contribution is 1.98. The van der Waals surface area contributed by atoms with E-state index in [0.717, 1.165) is 0 Å². The van der Waals surface area contributed by atoms with E-state index in [1.165, 1.54) is 5.57 Å². The highest BCUT2D eigenvalue weighted by atomic mass is 79.9. The average molecular weight is 187 g/mol. The first-order valence-electron chi connectivity index (χ1n) is 2.87. The van der Waals surface area contributed by atoms with Gasteiger partial charge in [0.25, 0.3) is 0 Å². The van der Waals surface area contributed by atoms with Crippen molar-refractivity contribution in [1.29, 1.82) is 0 Å². The van der Waals surface area contributed by atoms with Gasteiger partial charge in [0.1, 0.15) is 0 Å². The summed E-state index contributed by atoms with van der Waals surface area (Å²) in [5.41, 5.74) is 1.22. The van der Waals surface area contributed by atoms with Gasteiger partial charge in [0.15, 0.2) is 0 Å². The van der Waals surface area contributed by atoms with E-state index >= 15 is 0 Å². The summed E-state index contributed by atoms with van der Waals surface area (Å²) in [6.07, 6.45) is 8.04. The fraction of sp³-hybridized carbons (Fsp3) is 0.250. The summed E-state index contributed by atoms with van der Waals surface area (Å²) in [6, 6.07) is 0. The van der Waals surface area contributed by atoms with Crippen LogP contribution in [0.2, 0.25) is 0 Å². The van der Waals surface area contributed by atoms with Crippen LogP contribution in [0.5, 0.6) is 0 Å². The second-order valence-corrected chi connectivity index (χ2v) is 2.20. The predicted octanol–water partition coefficient (Wildman–Crippen LogP) is 3.42. The molecule has 0 heterocycles. The predicted molar refractivity (Wildman–Crippen MR) is 46.6 cm³/mol. The Morgan fingerprint density at radius 3 is 2.44 bits per heavy atom. The number of hydrogen-bond donors (Lipinski definition) is 0. The van der Waals surface area contributed by atoms with Crippen LogP contribution in [0, 0.1) is 0 Å². The van der Waals surface area contributed by atoms with Crippen LogP contribution in [0.3, 0.4) is 0 Å². The zero-order valence-electron chi connectivity index (χ0n) is 5.76. The van der Waals surface area contributed by atoms with Gasteiger partial charge in [0.05, 0.1) is 0 Å². The first-order chi connectivity index (χ1) is 4.31. The molecule has 0 atom stereocenters. The Morgan fingerprint density at radius 2 is 2.00 bits per heavy atom. The largest absolute Gasteiger partial charge is 0.0877 e. The van der Waals surface area contributed by atoms with E-state index in [2.05, 4.69) is 15.9 Å². The van der Waals surface area contributed by atoms with Crippen LogP contribution in [-0.4, -0.2) is 0 Å². The van der Waals surface area contributed by atoms with Crippen molar-refractivity contribution in [1.82, 2.24) is 0 Å². The third-order valence-electron chi connectivity index (χ3n) is 0.835. The minimum Gasteiger partial charge on any atom is -0.0877 e. The minimum absolute atomic E-state index is 1.22. The molecule has 50 valence electrons. The van der Waals surface area contributed by atoms with Crippen molar-refractivity contribution in [3.63, 3.8) is 0 Å². The van der Waals surface area contributed by atoms with Crippen LogP contribution in [0.4, 0.5) is 0 Å². The van der Waals surface area contributed by atoms with Crippen LogP contribution >= 0.6 is 15.9 Å². The first-order valence-corrected chi connectivity index (χ1v) is 3.79. The van der Waals surface area contributed by atoms with Gasteiger partial charge in [0, 0.05) is 0 Å². The Bertz CT molecular complexity index is 141. The monoisotopic (exact) mass is 186 g/mol. The molecule has 0 radical (unpaired) electrons. The molecule has 0 amide bonds. The Kier molecular flexibility index (Phi) is 5.64. The van der Waals surface area contributed by atoms with Crippen molar-refractivity contribution < 1.29 is 0 Å². The van der Waals surface area contributed by atoms with Crippen LogP contribution in [0.25, 0.3) is 0 Å². The van der Waals surface area contributed by atoms with Gasteiger partial charge in [-0.2, -0.15) is 0 Å². The average Bonchev–Trinajstić information content (AvgIpc) is 1.89. The molecule has 9 heavy (non-hydrogen) atoms.